The van der Waals surface area contributed by atoms with Crippen LogP contribution in [0.5, 0.6) is 0 Å². The van der Waals surface area contributed by atoms with Gasteiger partial charge in [-0.2, -0.15) is 0 Å². The minimum atomic E-state index is -0.524. The second-order valence-electron chi connectivity index (χ2n) is 6.22. The number of benzene rings is 1. The van der Waals surface area contributed by atoms with Gasteiger partial charge in [0.2, 0.25) is 5.91 Å². The first-order valence-corrected chi connectivity index (χ1v) is 9.16. The molecular formula is C19H22N2O2S. The van der Waals surface area contributed by atoms with Crippen molar-refractivity contribution in [3.05, 3.63) is 57.8 Å². The van der Waals surface area contributed by atoms with Gasteiger partial charge in [-0.3, -0.25) is 9.59 Å². The Balaban J connectivity index is 1.71. The summed E-state index contributed by atoms with van der Waals surface area (Å²) >= 11 is 1.38. The number of hydrogen-bond acceptors (Lipinski definition) is 3. The van der Waals surface area contributed by atoms with Crippen LogP contribution in [0.4, 0.5) is 0 Å². The fraction of sp³-hybridized carbons (Fsp3) is 0.368. The van der Waals surface area contributed by atoms with E-state index in [1.54, 1.807) is 13.0 Å². The third-order valence-corrected chi connectivity index (χ3v) is 5.41. The lowest BCUT2D eigenvalue weighted by Gasteiger charge is -2.29. The van der Waals surface area contributed by atoms with Gasteiger partial charge >= 0.3 is 0 Å². The van der Waals surface area contributed by atoms with Gasteiger partial charge < -0.3 is 10.2 Å². The molecule has 1 aliphatic heterocycles. The minimum Gasteiger partial charge on any atom is -0.340 e. The molecule has 1 fully saturated rings. The smallest absolute Gasteiger partial charge is 0.261 e. The van der Waals surface area contributed by atoms with Crippen molar-refractivity contribution in [1.29, 1.82) is 0 Å². The molecule has 2 heterocycles. The molecule has 1 aliphatic rings. The number of rotatable bonds is 4. The van der Waals surface area contributed by atoms with Gasteiger partial charge in [-0.15, -0.1) is 11.3 Å². The normalized spacial score (nSPS) is 18.4. The van der Waals surface area contributed by atoms with E-state index in [-0.39, 0.29) is 17.9 Å². The maximum Gasteiger partial charge on any atom is 0.261 e. The molecule has 126 valence electrons. The average molecular weight is 342 g/mol. The number of amides is 2. The number of nitrogens with one attached hydrogen (secondary N) is 1. The van der Waals surface area contributed by atoms with Crippen molar-refractivity contribution in [3.8, 4) is 0 Å². The molecule has 2 aromatic rings. The summed E-state index contributed by atoms with van der Waals surface area (Å²) in [5.74, 6) is -0.192. The van der Waals surface area contributed by atoms with Gasteiger partial charge in [0.1, 0.15) is 6.04 Å². The lowest BCUT2D eigenvalue weighted by Crippen LogP contribution is -2.46. The molecule has 1 aromatic heterocycles. The molecule has 1 saturated heterocycles. The predicted molar refractivity (Wildman–Crippen MR) is 96.1 cm³/mol. The summed E-state index contributed by atoms with van der Waals surface area (Å²) in [5, 5.41) is 4.68. The van der Waals surface area contributed by atoms with E-state index in [1.807, 2.05) is 28.5 Å². The topological polar surface area (TPSA) is 49.4 Å². The molecule has 5 heteroatoms. The van der Waals surface area contributed by atoms with E-state index < -0.39 is 6.04 Å². The van der Waals surface area contributed by atoms with E-state index in [9.17, 15) is 9.59 Å². The van der Waals surface area contributed by atoms with Crippen molar-refractivity contribution in [2.45, 2.75) is 38.8 Å². The van der Waals surface area contributed by atoms with Gasteiger partial charge in [0, 0.05) is 6.54 Å². The number of carbonyl (C=O) groups excluding carboxylic acids is 2. The summed E-state index contributed by atoms with van der Waals surface area (Å²) in [6.45, 7) is 4.59. The van der Waals surface area contributed by atoms with Gasteiger partial charge in [0.25, 0.3) is 5.91 Å². The highest BCUT2D eigenvalue weighted by molar-refractivity contribution is 7.12. The largest absolute Gasteiger partial charge is 0.340 e. The Morgan fingerprint density at radius 3 is 2.75 bits per heavy atom. The number of hydrogen-bond donors (Lipinski definition) is 1. The minimum absolute atomic E-state index is 0.00865. The number of thiophene rings is 1. The van der Waals surface area contributed by atoms with Crippen molar-refractivity contribution >= 4 is 23.2 Å². The quantitative estimate of drug-likeness (QED) is 0.924. The van der Waals surface area contributed by atoms with Gasteiger partial charge in [-0.25, -0.2) is 0 Å². The number of likely N-dealkylation sites (tertiary alicyclic amines) is 1. The standard InChI is InChI=1S/C19H22N2O2S/c1-13-7-3-4-8-15(13)16-9-5-11-21(16)19(23)14(2)20-18(22)17-10-6-12-24-17/h3-4,6-8,10,12,14,16H,5,9,11H2,1-2H3,(H,20,22)/t14-,16-/m1/s1. The fourth-order valence-corrected chi connectivity index (χ4v) is 3.93. The molecule has 0 saturated carbocycles. The Kier molecular flexibility index (Phi) is 5.00. The van der Waals surface area contributed by atoms with Crippen LogP contribution in [0.25, 0.3) is 0 Å². The Morgan fingerprint density at radius 2 is 2.04 bits per heavy atom. The van der Waals surface area contributed by atoms with Crippen molar-refractivity contribution in [3.63, 3.8) is 0 Å². The van der Waals surface area contributed by atoms with Crippen LogP contribution in [-0.2, 0) is 4.79 Å². The molecule has 0 bridgehead atoms. The lowest BCUT2D eigenvalue weighted by atomic mass is 9.99. The molecule has 0 unspecified atom stereocenters. The number of nitrogens with zero attached hydrogens (tertiary/aromatic N) is 1. The maximum absolute atomic E-state index is 12.9. The van der Waals surface area contributed by atoms with Crippen LogP contribution in [0, 0.1) is 6.92 Å². The summed E-state index contributed by atoms with van der Waals surface area (Å²) in [4.78, 5) is 27.6. The molecule has 4 nitrogen and oxygen atoms in total. The first kappa shape index (κ1) is 16.7. The third kappa shape index (κ3) is 3.36. The molecule has 1 N–H and O–H groups in total. The highest BCUT2D eigenvalue weighted by Crippen LogP contribution is 2.34. The molecule has 0 aliphatic carbocycles. The van der Waals surface area contributed by atoms with Gasteiger partial charge in [-0.05, 0) is 49.3 Å². The molecule has 3 rings (SSSR count). The lowest BCUT2D eigenvalue weighted by molar-refractivity contribution is -0.133. The van der Waals surface area contributed by atoms with Crippen molar-refractivity contribution in [2.75, 3.05) is 6.54 Å². The Morgan fingerprint density at radius 1 is 1.25 bits per heavy atom. The third-order valence-electron chi connectivity index (χ3n) is 4.55. The highest BCUT2D eigenvalue weighted by atomic mass is 32.1. The Labute approximate surface area is 146 Å². The summed E-state index contributed by atoms with van der Waals surface area (Å²) in [6.07, 6.45) is 1.97. The van der Waals surface area contributed by atoms with Gasteiger partial charge in [0.05, 0.1) is 10.9 Å². The van der Waals surface area contributed by atoms with E-state index in [4.69, 9.17) is 0 Å². The van der Waals surface area contributed by atoms with E-state index in [0.717, 1.165) is 19.4 Å². The SMILES string of the molecule is Cc1ccccc1[C@H]1CCCN1C(=O)[C@@H](C)NC(=O)c1cccs1. The summed E-state index contributed by atoms with van der Waals surface area (Å²) in [7, 11) is 0. The van der Waals surface area contributed by atoms with Crippen LogP contribution in [0.15, 0.2) is 41.8 Å². The maximum atomic E-state index is 12.9. The van der Waals surface area contributed by atoms with E-state index >= 15 is 0 Å². The molecule has 0 radical (unpaired) electrons. The highest BCUT2D eigenvalue weighted by Gasteiger charge is 2.33. The second kappa shape index (κ2) is 7.18. The Hall–Kier alpha value is -2.14. The first-order valence-electron chi connectivity index (χ1n) is 8.28. The van der Waals surface area contributed by atoms with Crippen LogP contribution in [0.2, 0.25) is 0 Å². The molecule has 2 amide bonds. The van der Waals surface area contributed by atoms with Crippen LogP contribution in [0.3, 0.4) is 0 Å². The van der Waals surface area contributed by atoms with Crippen LogP contribution in [-0.4, -0.2) is 29.3 Å². The van der Waals surface area contributed by atoms with Crippen LogP contribution < -0.4 is 5.32 Å². The monoisotopic (exact) mass is 342 g/mol. The van der Waals surface area contributed by atoms with Crippen molar-refractivity contribution in [2.24, 2.45) is 0 Å². The van der Waals surface area contributed by atoms with Crippen molar-refractivity contribution < 1.29 is 9.59 Å². The first-order chi connectivity index (χ1) is 11.6. The summed E-state index contributed by atoms with van der Waals surface area (Å²) in [5.41, 5.74) is 2.41. The average Bonchev–Trinajstić information content (AvgIpc) is 3.26. The van der Waals surface area contributed by atoms with Gasteiger partial charge in [0.15, 0.2) is 0 Å². The number of carbonyl (C=O) groups is 2. The summed E-state index contributed by atoms with van der Waals surface area (Å²) < 4.78 is 0. The Bertz CT molecular complexity index is 727. The zero-order valence-corrected chi connectivity index (χ0v) is 14.8. The zero-order valence-electron chi connectivity index (χ0n) is 14.0. The van der Waals surface area contributed by atoms with E-state index in [0.29, 0.717) is 4.88 Å². The van der Waals surface area contributed by atoms with Gasteiger partial charge in [-0.1, -0.05) is 30.3 Å². The fourth-order valence-electron chi connectivity index (χ4n) is 3.30. The molecule has 0 spiro atoms. The molecule has 2 atom stereocenters. The molecular weight excluding hydrogens is 320 g/mol. The summed E-state index contributed by atoms with van der Waals surface area (Å²) in [6, 6.07) is 11.4. The van der Waals surface area contributed by atoms with Crippen LogP contribution in [0.1, 0.15) is 46.6 Å². The molecule has 24 heavy (non-hydrogen) atoms. The number of aryl methyl sites for hydroxylation is 1. The van der Waals surface area contributed by atoms with Crippen molar-refractivity contribution in [1.82, 2.24) is 10.2 Å². The van der Waals surface area contributed by atoms with E-state index in [2.05, 4.69) is 24.4 Å². The predicted octanol–water partition coefficient (Wildman–Crippen LogP) is 3.54. The zero-order chi connectivity index (χ0) is 17.1. The second-order valence-corrected chi connectivity index (χ2v) is 7.17. The van der Waals surface area contributed by atoms with Crippen LogP contribution >= 0.6 is 11.3 Å². The molecule has 1 aromatic carbocycles. The van der Waals surface area contributed by atoms with E-state index in [1.165, 1.54) is 22.5 Å².